The van der Waals surface area contributed by atoms with Crippen LogP contribution >= 0.6 is 0 Å². The van der Waals surface area contributed by atoms with Crippen LogP contribution in [0.15, 0.2) is 209 Å². The van der Waals surface area contributed by atoms with E-state index in [1.54, 1.807) is 0 Å². The third-order valence-electron chi connectivity index (χ3n) is 10.9. The molecule has 1 unspecified atom stereocenters. The molecule has 0 saturated heterocycles. The molecule has 1 aliphatic heterocycles. The van der Waals surface area contributed by atoms with Crippen LogP contribution in [0.2, 0.25) is 0 Å². The van der Waals surface area contributed by atoms with Crippen LogP contribution in [-0.4, -0.2) is 16.4 Å². The zero-order valence-electron chi connectivity index (χ0n) is 30.3. The molecule has 1 N–H and O–H groups in total. The molecule has 0 amide bonds. The largest absolute Gasteiger partial charge is 0.456 e. The van der Waals surface area contributed by atoms with Gasteiger partial charge >= 0.3 is 0 Å². The van der Waals surface area contributed by atoms with Crippen molar-refractivity contribution in [2.24, 2.45) is 9.98 Å². The van der Waals surface area contributed by atoms with Crippen molar-refractivity contribution in [2.45, 2.75) is 6.17 Å². The number of aliphatic imine (C=N–C) groups is 2. The molecule has 11 rings (SSSR count). The molecule has 0 radical (unpaired) electrons. The number of hydrogen-bond acceptors (Lipinski definition) is 4. The highest BCUT2D eigenvalue weighted by Crippen LogP contribution is 2.39. The molecule has 0 aliphatic carbocycles. The van der Waals surface area contributed by atoms with Crippen molar-refractivity contribution in [1.29, 1.82) is 0 Å². The summed E-state index contributed by atoms with van der Waals surface area (Å²) in [5.41, 5.74) is 12.8. The zero-order valence-corrected chi connectivity index (χ0v) is 30.3. The molecule has 56 heavy (non-hydrogen) atoms. The second-order valence-electron chi connectivity index (χ2n) is 14.2. The van der Waals surface area contributed by atoms with Gasteiger partial charge in [0.05, 0.1) is 11.0 Å². The molecule has 2 aromatic heterocycles. The van der Waals surface area contributed by atoms with Crippen LogP contribution in [0, 0.1) is 0 Å². The van der Waals surface area contributed by atoms with Crippen molar-refractivity contribution in [1.82, 2.24) is 9.88 Å². The minimum absolute atomic E-state index is 0.359. The van der Waals surface area contributed by atoms with Gasteiger partial charge in [0.15, 0.2) is 5.84 Å². The minimum Gasteiger partial charge on any atom is -0.456 e. The molecule has 1 aliphatic rings. The lowest BCUT2D eigenvalue weighted by Gasteiger charge is -2.25. The summed E-state index contributed by atoms with van der Waals surface area (Å²) in [5.74, 6) is 1.41. The molecule has 0 fully saturated rings. The third kappa shape index (κ3) is 5.40. The molecule has 264 valence electrons. The number of benzene rings is 8. The lowest BCUT2D eigenvalue weighted by atomic mass is 9.97. The van der Waals surface area contributed by atoms with Gasteiger partial charge in [0, 0.05) is 32.7 Å². The number of rotatable bonds is 5. The molecule has 0 saturated carbocycles. The Morgan fingerprint density at radius 3 is 1.89 bits per heavy atom. The smallest absolute Gasteiger partial charge is 0.211 e. The highest BCUT2D eigenvalue weighted by molar-refractivity contribution is 6.20. The molecular weight excluding hydrogens is 685 g/mol. The SMILES string of the molecule is c1ccc(C2=NC(c3ccc(-c4ccccc4)cc3)NC(n3c4ccccc4c4cccc(-c5cccc(-c6ccc7c(c6)oc6ccccc67)c5)c43)=N2)cc1. The number of aromatic nitrogens is 1. The van der Waals surface area contributed by atoms with Gasteiger partial charge in [-0.15, -0.1) is 0 Å². The van der Waals surface area contributed by atoms with E-state index >= 15 is 0 Å². The fourth-order valence-electron chi connectivity index (χ4n) is 8.17. The van der Waals surface area contributed by atoms with Crippen molar-refractivity contribution in [3.63, 3.8) is 0 Å². The first-order valence-electron chi connectivity index (χ1n) is 18.9. The van der Waals surface area contributed by atoms with Gasteiger partial charge in [0.2, 0.25) is 5.96 Å². The maximum atomic E-state index is 6.28. The van der Waals surface area contributed by atoms with Crippen LogP contribution in [-0.2, 0) is 0 Å². The summed E-state index contributed by atoms with van der Waals surface area (Å²) in [7, 11) is 0. The van der Waals surface area contributed by atoms with Crippen molar-refractivity contribution in [3.05, 3.63) is 205 Å². The van der Waals surface area contributed by atoms with Crippen LogP contribution in [0.3, 0.4) is 0 Å². The molecular formula is C51H34N4O. The summed E-state index contributed by atoms with van der Waals surface area (Å²) in [6, 6.07) is 68.1. The van der Waals surface area contributed by atoms with Gasteiger partial charge in [0.1, 0.15) is 17.3 Å². The maximum Gasteiger partial charge on any atom is 0.211 e. The van der Waals surface area contributed by atoms with E-state index in [9.17, 15) is 0 Å². The summed E-state index contributed by atoms with van der Waals surface area (Å²) in [4.78, 5) is 10.5. The van der Waals surface area contributed by atoms with Crippen molar-refractivity contribution < 1.29 is 4.42 Å². The predicted octanol–water partition coefficient (Wildman–Crippen LogP) is 12.6. The molecule has 10 aromatic rings. The Bertz CT molecular complexity index is 3150. The average Bonchev–Trinajstić information content (AvgIpc) is 3.82. The molecule has 8 aromatic carbocycles. The van der Waals surface area contributed by atoms with Crippen LogP contribution in [0.5, 0.6) is 0 Å². The van der Waals surface area contributed by atoms with Gasteiger partial charge in [-0.25, -0.2) is 4.99 Å². The average molecular weight is 719 g/mol. The van der Waals surface area contributed by atoms with Gasteiger partial charge < -0.3 is 9.73 Å². The lowest BCUT2D eigenvalue weighted by molar-refractivity contribution is 0.661. The Kier molecular flexibility index (Phi) is 7.49. The predicted molar refractivity (Wildman–Crippen MR) is 231 cm³/mol. The highest BCUT2D eigenvalue weighted by atomic mass is 16.3. The van der Waals surface area contributed by atoms with E-state index in [1.165, 1.54) is 5.56 Å². The van der Waals surface area contributed by atoms with Gasteiger partial charge in [0.25, 0.3) is 0 Å². The van der Waals surface area contributed by atoms with Crippen molar-refractivity contribution in [3.8, 4) is 33.4 Å². The second-order valence-corrected chi connectivity index (χ2v) is 14.2. The summed E-state index contributed by atoms with van der Waals surface area (Å²) in [6.07, 6.45) is -0.359. The van der Waals surface area contributed by atoms with Gasteiger partial charge in [-0.1, -0.05) is 164 Å². The van der Waals surface area contributed by atoms with E-state index in [-0.39, 0.29) is 6.17 Å². The Morgan fingerprint density at radius 1 is 0.446 bits per heavy atom. The maximum absolute atomic E-state index is 6.28. The minimum atomic E-state index is -0.359. The molecule has 1 atom stereocenters. The van der Waals surface area contributed by atoms with E-state index in [1.807, 2.05) is 36.4 Å². The first kappa shape index (κ1) is 32.0. The standard InChI is InChI=1S/C51H34N4O/c1-3-13-33(14-4-1)34-25-27-36(28-26-34)50-52-49(35-15-5-2-6-16-35)53-51(54-50)55-45-23-9-7-19-41(45)44-22-12-21-40(48(44)55)39-18-11-17-37(31-39)38-29-30-43-42-20-8-10-24-46(42)56-47(43)32-38/h1-32,50H,(H,52,53,54). The fourth-order valence-corrected chi connectivity index (χ4v) is 8.17. The first-order valence-corrected chi connectivity index (χ1v) is 18.9. The fraction of sp³-hybridized carbons (Fsp3) is 0.0196. The van der Waals surface area contributed by atoms with E-state index < -0.39 is 0 Å². The Balaban J connectivity index is 1.06. The summed E-state index contributed by atoms with van der Waals surface area (Å²) < 4.78 is 8.57. The van der Waals surface area contributed by atoms with Gasteiger partial charge in [-0.2, -0.15) is 4.99 Å². The van der Waals surface area contributed by atoms with Crippen LogP contribution in [0.4, 0.5) is 0 Å². The number of fused-ring (bicyclic) bond motifs is 6. The topological polar surface area (TPSA) is 54.8 Å². The Morgan fingerprint density at radius 2 is 1.05 bits per heavy atom. The van der Waals surface area contributed by atoms with Crippen LogP contribution in [0.1, 0.15) is 17.3 Å². The van der Waals surface area contributed by atoms with Crippen molar-refractivity contribution in [2.75, 3.05) is 0 Å². The summed E-state index contributed by atoms with van der Waals surface area (Å²) >= 11 is 0. The number of amidine groups is 1. The quantitative estimate of drug-likeness (QED) is 0.193. The van der Waals surface area contributed by atoms with Gasteiger partial charge in [-0.05, 0) is 63.7 Å². The summed E-state index contributed by atoms with van der Waals surface area (Å²) in [5, 5.41) is 8.35. The molecule has 0 bridgehead atoms. The number of furan rings is 1. The molecule has 0 spiro atoms. The number of nitrogens with one attached hydrogen (secondary N) is 1. The lowest BCUT2D eigenvalue weighted by Crippen LogP contribution is -2.37. The number of hydrogen-bond donors (Lipinski definition) is 1. The normalized spacial score (nSPS) is 14.2. The van der Waals surface area contributed by atoms with Crippen LogP contribution in [0.25, 0.3) is 77.1 Å². The monoisotopic (exact) mass is 718 g/mol. The van der Waals surface area contributed by atoms with E-state index in [0.717, 1.165) is 88.6 Å². The van der Waals surface area contributed by atoms with E-state index in [2.05, 4.69) is 168 Å². The second kappa shape index (κ2) is 13.1. The summed E-state index contributed by atoms with van der Waals surface area (Å²) in [6.45, 7) is 0. The zero-order chi connectivity index (χ0) is 37.0. The first-order chi connectivity index (χ1) is 27.7. The Hall–Kier alpha value is -7.50. The molecule has 5 heteroatoms. The van der Waals surface area contributed by atoms with E-state index in [0.29, 0.717) is 5.84 Å². The van der Waals surface area contributed by atoms with Gasteiger partial charge in [-0.3, -0.25) is 4.57 Å². The third-order valence-corrected chi connectivity index (χ3v) is 10.9. The van der Waals surface area contributed by atoms with Crippen molar-refractivity contribution >= 4 is 55.5 Å². The number of nitrogens with zero attached hydrogens (tertiary/aromatic N) is 3. The Labute approximate surface area is 323 Å². The molecule has 5 nitrogen and oxygen atoms in total. The van der Waals surface area contributed by atoms with E-state index in [4.69, 9.17) is 14.4 Å². The van der Waals surface area contributed by atoms with Crippen LogP contribution < -0.4 is 5.32 Å². The number of para-hydroxylation sites is 3. The molecule has 3 heterocycles. The highest BCUT2D eigenvalue weighted by Gasteiger charge is 2.25.